The molecule has 0 bridgehead atoms. The minimum absolute atomic E-state index is 0.0203. The zero-order valence-electron chi connectivity index (χ0n) is 10.3. The van der Waals surface area contributed by atoms with E-state index in [1.165, 1.54) is 12.1 Å². The summed E-state index contributed by atoms with van der Waals surface area (Å²) >= 11 is 0. The van der Waals surface area contributed by atoms with Gasteiger partial charge < -0.3 is 10.4 Å². The summed E-state index contributed by atoms with van der Waals surface area (Å²) in [5.41, 5.74) is 0.556. The molecule has 2 N–H and O–H groups in total. The van der Waals surface area contributed by atoms with Crippen LogP contribution in [0.15, 0.2) is 18.2 Å². The fourth-order valence-electron chi connectivity index (χ4n) is 1.53. The second-order valence-electron chi connectivity index (χ2n) is 4.04. The highest BCUT2D eigenvalue weighted by atomic mass is 16.6. The van der Waals surface area contributed by atoms with Gasteiger partial charge in [0.1, 0.15) is 5.56 Å². The van der Waals surface area contributed by atoms with Crippen LogP contribution in [0.1, 0.15) is 29.3 Å². The van der Waals surface area contributed by atoms with Gasteiger partial charge in [-0.25, -0.2) is 0 Å². The van der Waals surface area contributed by atoms with E-state index in [1.54, 1.807) is 13.0 Å². The van der Waals surface area contributed by atoms with E-state index in [-0.39, 0.29) is 17.9 Å². The van der Waals surface area contributed by atoms with Gasteiger partial charge in [0.15, 0.2) is 0 Å². The molecule has 0 saturated heterocycles. The number of nitro benzene ring substituents is 1. The predicted octanol–water partition coefficient (Wildman–Crippen LogP) is 1.40. The van der Waals surface area contributed by atoms with E-state index >= 15 is 0 Å². The SMILES string of the molecule is CC[C@H](CO)NC(=O)c1cc(C)ccc1[N+](=O)[O-]. The number of nitrogens with zero attached hydrogens (tertiary/aromatic N) is 1. The van der Waals surface area contributed by atoms with E-state index in [4.69, 9.17) is 5.11 Å². The third kappa shape index (κ3) is 3.27. The lowest BCUT2D eigenvalue weighted by Crippen LogP contribution is -2.37. The van der Waals surface area contributed by atoms with Crippen LogP contribution in [0.2, 0.25) is 0 Å². The average Bonchev–Trinajstić information content (AvgIpc) is 2.35. The second kappa shape index (κ2) is 6.11. The fourth-order valence-corrected chi connectivity index (χ4v) is 1.53. The zero-order valence-corrected chi connectivity index (χ0v) is 10.3. The minimum atomic E-state index is -0.589. The largest absolute Gasteiger partial charge is 0.394 e. The summed E-state index contributed by atoms with van der Waals surface area (Å²) in [5.74, 6) is -0.536. The first-order valence-electron chi connectivity index (χ1n) is 5.66. The number of hydrogen-bond donors (Lipinski definition) is 2. The molecule has 0 aliphatic heterocycles. The lowest BCUT2D eigenvalue weighted by molar-refractivity contribution is -0.385. The fraction of sp³-hybridized carbons (Fsp3) is 0.417. The Kier molecular flexibility index (Phi) is 4.79. The van der Waals surface area contributed by atoms with Gasteiger partial charge in [-0.1, -0.05) is 13.0 Å². The molecule has 6 heteroatoms. The number of aliphatic hydroxyl groups excluding tert-OH is 1. The number of hydrogen-bond acceptors (Lipinski definition) is 4. The maximum absolute atomic E-state index is 11.9. The summed E-state index contributed by atoms with van der Waals surface area (Å²) in [7, 11) is 0. The first-order valence-corrected chi connectivity index (χ1v) is 5.66. The summed E-state index contributed by atoms with van der Waals surface area (Å²) in [6.45, 7) is 3.37. The summed E-state index contributed by atoms with van der Waals surface area (Å²) in [6.07, 6.45) is 0.557. The molecule has 0 heterocycles. The Morgan fingerprint density at radius 2 is 2.22 bits per heavy atom. The molecule has 0 aliphatic rings. The molecule has 0 radical (unpaired) electrons. The number of carbonyl (C=O) groups excluding carboxylic acids is 1. The number of amides is 1. The molecule has 6 nitrogen and oxygen atoms in total. The van der Waals surface area contributed by atoms with Gasteiger partial charge in [0.25, 0.3) is 11.6 Å². The number of benzene rings is 1. The van der Waals surface area contributed by atoms with Crippen molar-refractivity contribution in [3.63, 3.8) is 0 Å². The van der Waals surface area contributed by atoms with Crippen LogP contribution in [0.4, 0.5) is 5.69 Å². The van der Waals surface area contributed by atoms with Crippen molar-refractivity contribution in [2.45, 2.75) is 26.3 Å². The number of nitro groups is 1. The van der Waals surface area contributed by atoms with Crippen LogP contribution >= 0.6 is 0 Å². The topological polar surface area (TPSA) is 92.5 Å². The van der Waals surface area contributed by atoms with Crippen LogP contribution in [-0.2, 0) is 0 Å². The lowest BCUT2D eigenvalue weighted by Gasteiger charge is -2.14. The number of aliphatic hydroxyl groups is 1. The van der Waals surface area contributed by atoms with Gasteiger partial charge in [-0.15, -0.1) is 0 Å². The highest BCUT2D eigenvalue weighted by Gasteiger charge is 2.21. The summed E-state index contributed by atoms with van der Waals surface area (Å²) < 4.78 is 0. The summed E-state index contributed by atoms with van der Waals surface area (Å²) in [4.78, 5) is 22.2. The Labute approximate surface area is 105 Å². The minimum Gasteiger partial charge on any atom is -0.394 e. The standard InChI is InChI=1S/C12H16N2O4/c1-3-9(7-15)13-12(16)10-6-8(2)4-5-11(10)14(17)18/h4-6,9,15H,3,7H2,1-2H3,(H,13,16)/t9-/m1/s1. The van der Waals surface area contributed by atoms with E-state index in [0.29, 0.717) is 6.42 Å². The number of carbonyl (C=O) groups is 1. The molecule has 0 unspecified atom stereocenters. The molecule has 0 fully saturated rings. The van der Waals surface area contributed by atoms with Gasteiger partial charge in [-0.3, -0.25) is 14.9 Å². The highest BCUT2D eigenvalue weighted by Crippen LogP contribution is 2.19. The van der Waals surface area contributed by atoms with E-state index in [9.17, 15) is 14.9 Å². The highest BCUT2D eigenvalue weighted by molar-refractivity contribution is 5.98. The van der Waals surface area contributed by atoms with Crippen LogP contribution < -0.4 is 5.32 Å². The number of aryl methyl sites for hydroxylation is 1. The molecule has 0 aromatic heterocycles. The molecular weight excluding hydrogens is 236 g/mol. The Balaban J connectivity index is 3.03. The third-order valence-corrected chi connectivity index (χ3v) is 2.64. The number of nitrogens with one attached hydrogen (secondary N) is 1. The first-order chi connectivity index (χ1) is 8.49. The maximum Gasteiger partial charge on any atom is 0.282 e. The molecule has 1 rings (SSSR count). The first kappa shape index (κ1) is 14.1. The van der Waals surface area contributed by atoms with E-state index < -0.39 is 16.9 Å². The Morgan fingerprint density at radius 3 is 2.72 bits per heavy atom. The van der Waals surface area contributed by atoms with Crippen molar-refractivity contribution in [2.24, 2.45) is 0 Å². The molecule has 1 aromatic rings. The van der Waals surface area contributed by atoms with E-state index in [0.717, 1.165) is 5.56 Å². The van der Waals surface area contributed by atoms with Crippen molar-refractivity contribution in [1.29, 1.82) is 0 Å². The van der Waals surface area contributed by atoms with Crippen LogP contribution in [0.3, 0.4) is 0 Å². The van der Waals surface area contributed by atoms with Crippen molar-refractivity contribution >= 4 is 11.6 Å². The van der Waals surface area contributed by atoms with Crippen LogP contribution in [0.25, 0.3) is 0 Å². The smallest absolute Gasteiger partial charge is 0.282 e. The predicted molar refractivity (Wildman–Crippen MR) is 66.5 cm³/mol. The number of rotatable bonds is 5. The normalized spacial score (nSPS) is 11.9. The monoisotopic (exact) mass is 252 g/mol. The average molecular weight is 252 g/mol. The Bertz CT molecular complexity index is 455. The summed E-state index contributed by atoms with van der Waals surface area (Å²) in [5, 5.41) is 22.4. The second-order valence-corrected chi connectivity index (χ2v) is 4.04. The van der Waals surface area contributed by atoms with Gasteiger partial charge in [0.05, 0.1) is 17.6 Å². The van der Waals surface area contributed by atoms with E-state index in [2.05, 4.69) is 5.32 Å². The summed E-state index contributed by atoms with van der Waals surface area (Å²) in [6, 6.07) is 3.97. The lowest BCUT2D eigenvalue weighted by atomic mass is 10.1. The zero-order chi connectivity index (χ0) is 13.7. The van der Waals surface area contributed by atoms with Crippen LogP contribution in [0.5, 0.6) is 0 Å². The molecule has 18 heavy (non-hydrogen) atoms. The molecular formula is C12H16N2O4. The Hall–Kier alpha value is -1.95. The third-order valence-electron chi connectivity index (χ3n) is 2.64. The van der Waals surface area contributed by atoms with E-state index in [1.807, 2.05) is 6.92 Å². The van der Waals surface area contributed by atoms with Crippen molar-refractivity contribution in [1.82, 2.24) is 5.32 Å². The molecule has 1 aromatic carbocycles. The van der Waals surface area contributed by atoms with Crippen molar-refractivity contribution in [2.75, 3.05) is 6.61 Å². The van der Waals surface area contributed by atoms with Gasteiger partial charge >= 0.3 is 0 Å². The maximum atomic E-state index is 11.9. The van der Waals surface area contributed by atoms with Gasteiger partial charge in [-0.2, -0.15) is 0 Å². The molecule has 0 saturated carbocycles. The molecule has 1 amide bonds. The van der Waals surface area contributed by atoms with Crippen LogP contribution in [-0.4, -0.2) is 28.6 Å². The quantitative estimate of drug-likeness (QED) is 0.612. The van der Waals surface area contributed by atoms with Crippen LogP contribution in [0, 0.1) is 17.0 Å². The molecule has 98 valence electrons. The van der Waals surface area contributed by atoms with Crippen molar-refractivity contribution in [3.05, 3.63) is 39.4 Å². The van der Waals surface area contributed by atoms with Gasteiger partial charge in [-0.05, 0) is 25.0 Å². The molecule has 0 spiro atoms. The van der Waals surface area contributed by atoms with Crippen molar-refractivity contribution in [3.8, 4) is 0 Å². The van der Waals surface area contributed by atoms with Gasteiger partial charge in [0.2, 0.25) is 0 Å². The molecule has 1 atom stereocenters. The van der Waals surface area contributed by atoms with Crippen molar-refractivity contribution < 1.29 is 14.8 Å². The van der Waals surface area contributed by atoms with Gasteiger partial charge in [0, 0.05) is 6.07 Å². The molecule has 0 aliphatic carbocycles. The Morgan fingerprint density at radius 1 is 1.56 bits per heavy atom.